The average Bonchev–Trinajstić information content (AvgIpc) is 3.31. The molecule has 37 heavy (non-hydrogen) atoms. The highest BCUT2D eigenvalue weighted by atomic mass is 35.5. The van der Waals surface area contributed by atoms with Gasteiger partial charge in [-0.2, -0.15) is 5.10 Å². The summed E-state index contributed by atoms with van der Waals surface area (Å²) in [7, 11) is 3.12. The summed E-state index contributed by atoms with van der Waals surface area (Å²) in [5, 5.41) is 4.99. The summed E-state index contributed by atoms with van der Waals surface area (Å²) in [6, 6.07) is 17.7. The summed E-state index contributed by atoms with van der Waals surface area (Å²) >= 11 is 12.0. The first-order chi connectivity index (χ1) is 17.9. The van der Waals surface area contributed by atoms with E-state index >= 15 is 0 Å². The number of anilines is 1. The van der Waals surface area contributed by atoms with Gasteiger partial charge in [0.15, 0.2) is 11.5 Å². The van der Waals surface area contributed by atoms with E-state index in [1.54, 1.807) is 66.6 Å². The number of nitrogens with one attached hydrogen (secondary N) is 1. The molecule has 0 aliphatic carbocycles. The Bertz CT molecular complexity index is 1310. The molecule has 3 aromatic carbocycles. The molecule has 2 amide bonds. The number of halogens is 2. The number of amides is 2. The van der Waals surface area contributed by atoms with Crippen LogP contribution in [0.1, 0.15) is 17.5 Å². The standard InChI is InChI=1S/C27H25Cl2N3O5/c1-35-21-7-5-20(6-8-21)32-15-19(13-26(32)33)27(34)31-30-14-17-4-10-24(25(12-17)36-2)37-16-18-3-9-22(28)23(29)11-18/h3-12,14,19H,13,15-16H2,1-2H3,(H,31,34)/b30-14+/t19-/m0/s1. The zero-order valence-electron chi connectivity index (χ0n) is 20.2. The quantitative estimate of drug-likeness (QED) is 0.301. The average molecular weight is 542 g/mol. The highest BCUT2D eigenvalue weighted by Crippen LogP contribution is 2.30. The fourth-order valence-corrected chi connectivity index (χ4v) is 4.15. The van der Waals surface area contributed by atoms with Crippen LogP contribution in [0.4, 0.5) is 5.69 Å². The molecule has 1 aliphatic rings. The zero-order chi connectivity index (χ0) is 26.4. The number of hydrazone groups is 1. The summed E-state index contributed by atoms with van der Waals surface area (Å²) in [5.41, 5.74) is 4.81. The zero-order valence-corrected chi connectivity index (χ0v) is 21.8. The van der Waals surface area contributed by atoms with E-state index in [0.717, 1.165) is 11.3 Å². The highest BCUT2D eigenvalue weighted by molar-refractivity contribution is 6.42. The third kappa shape index (κ3) is 6.53. The van der Waals surface area contributed by atoms with Crippen LogP contribution < -0.4 is 24.5 Å². The second-order valence-corrected chi connectivity index (χ2v) is 9.10. The van der Waals surface area contributed by atoms with E-state index in [1.807, 2.05) is 6.07 Å². The number of carbonyl (C=O) groups is 2. The lowest BCUT2D eigenvalue weighted by Crippen LogP contribution is -2.30. The SMILES string of the molecule is COc1ccc(N2C[C@@H](C(=O)N/N=C/c3ccc(OCc4ccc(Cl)c(Cl)c4)c(OC)c3)CC2=O)cc1. The lowest BCUT2D eigenvalue weighted by atomic mass is 10.1. The van der Waals surface area contributed by atoms with Gasteiger partial charge in [0, 0.05) is 18.7 Å². The van der Waals surface area contributed by atoms with Crippen LogP contribution in [0.15, 0.2) is 65.8 Å². The van der Waals surface area contributed by atoms with E-state index < -0.39 is 5.92 Å². The topological polar surface area (TPSA) is 89.5 Å². The first-order valence-corrected chi connectivity index (χ1v) is 12.2. The Balaban J connectivity index is 1.33. The van der Waals surface area contributed by atoms with E-state index in [4.69, 9.17) is 37.4 Å². The molecule has 0 unspecified atom stereocenters. The fraction of sp³-hybridized carbons (Fsp3) is 0.222. The smallest absolute Gasteiger partial charge is 0.245 e. The van der Waals surface area contributed by atoms with Crippen LogP contribution in [0.25, 0.3) is 0 Å². The van der Waals surface area contributed by atoms with Gasteiger partial charge in [-0.15, -0.1) is 0 Å². The van der Waals surface area contributed by atoms with Gasteiger partial charge < -0.3 is 19.1 Å². The van der Waals surface area contributed by atoms with Crippen molar-refractivity contribution in [2.45, 2.75) is 13.0 Å². The Labute approximate surface area is 224 Å². The normalized spacial score (nSPS) is 15.2. The van der Waals surface area contributed by atoms with E-state index in [0.29, 0.717) is 32.9 Å². The van der Waals surface area contributed by atoms with Crippen molar-refractivity contribution < 1.29 is 23.8 Å². The van der Waals surface area contributed by atoms with Gasteiger partial charge in [-0.05, 0) is 65.7 Å². The number of nitrogens with zero attached hydrogens (tertiary/aromatic N) is 2. The number of rotatable bonds is 9. The van der Waals surface area contributed by atoms with Crippen LogP contribution in [-0.4, -0.2) is 38.8 Å². The lowest BCUT2D eigenvalue weighted by molar-refractivity contribution is -0.126. The molecule has 0 bridgehead atoms. The van der Waals surface area contributed by atoms with Crippen molar-refractivity contribution >= 4 is 46.9 Å². The van der Waals surface area contributed by atoms with Crippen molar-refractivity contribution in [3.05, 3.63) is 81.8 Å². The predicted octanol–water partition coefficient (Wildman–Crippen LogP) is 5.09. The first kappa shape index (κ1) is 26.3. The minimum absolute atomic E-state index is 0.115. The molecule has 0 spiro atoms. The molecule has 0 aromatic heterocycles. The second-order valence-electron chi connectivity index (χ2n) is 8.29. The minimum Gasteiger partial charge on any atom is -0.497 e. The molecule has 1 fully saturated rings. The second kappa shape index (κ2) is 12.0. The maximum Gasteiger partial charge on any atom is 0.245 e. The third-order valence-electron chi connectivity index (χ3n) is 5.83. The molecule has 1 atom stereocenters. The number of ether oxygens (including phenoxy) is 3. The van der Waals surface area contributed by atoms with Gasteiger partial charge in [-0.1, -0.05) is 29.3 Å². The molecule has 1 saturated heterocycles. The Morgan fingerprint density at radius 3 is 2.51 bits per heavy atom. The molecule has 1 aliphatic heterocycles. The molecule has 10 heteroatoms. The van der Waals surface area contributed by atoms with Gasteiger partial charge in [0.05, 0.1) is 36.4 Å². The third-order valence-corrected chi connectivity index (χ3v) is 6.57. The first-order valence-electron chi connectivity index (χ1n) is 11.4. The number of hydrogen-bond donors (Lipinski definition) is 1. The van der Waals surface area contributed by atoms with E-state index in [1.165, 1.54) is 13.3 Å². The van der Waals surface area contributed by atoms with Crippen molar-refractivity contribution in [3.63, 3.8) is 0 Å². The molecule has 4 rings (SSSR count). The van der Waals surface area contributed by atoms with Gasteiger partial charge in [0.25, 0.3) is 0 Å². The van der Waals surface area contributed by atoms with Gasteiger partial charge >= 0.3 is 0 Å². The van der Waals surface area contributed by atoms with Crippen molar-refractivity contribution in [1.29, 1.82) is 0 Å². The summed E-state index contributed by atoms with van der Waals surface area (Å²) in [6.45, 7) is 0.565. The van der Waals surface area contributed by atoms with Crippen molar-refractivity contribution in [3.8, 4) is 17.2 Å². The molecule has 8 nitrogen and oxygen atoms in total. The maximum atomic E-state index is 12.6. The van der Waals surface area contributed by atoms with Crippen LogP contribution in [0.2, 0.25) is 10.0 Å². The monoisotopic (exact) mass is 541 g/mol. The number of carbonyl (C=O) groups excluding carboxylic acids is 2. The Hall–Kier alpha value is -3.75. The van der Waals surface area contributed by atoms with Crippen LogP contribution in [-0.2, 0) is 16.2 Å². The number of methoxy groups -OCH3 is 2. The molecular weight excluding hydrogens is 517 g/mol. The van der Waals surface area contributed by atoms with Crippen molar-refractivity contribution in [2.24, 2.45) is 11.0 Å². The minimum atomic E-state index is -0.501. The summed E-state index contributed by atoms with van der Waals surface area (Å²) in [4.78, 5) is 26.7. The largest absolute Gasteiger partial charge is 0.497 e. The van der Waals surface area contributed by atoms with Crippen LogP contribution in [0.3, 0.4) is 0 Å². The molecule has 1 heterocycles. The summed E-state index contributed by atoms with van der Waals surface area (Å²) < 4.78 is 16.4. The van der Waals surface area contributed by atoms with Crippen LogP contribution in [0, 0.1) is 5.92 Å². The van der Waals surface area contributed by atoms with Gasteiger partial charge in [0.2, 0.25) is 11.8 Å². The Kier molecular flexibility index (Phi) is 8.53. The number of hydrogen-bond acceptors (Lipinski definition) is 6. The molecular formula is C27H25Cl2N3O5. The predicted molar refractivity (Wildman–Crippen MR) is 143 cm³/mol. The molecule has 192 valence electrons. The maximum absolute atomic E-state index is 12.6. The van der Waals surface area contributed by atoms with E-state index in [2.05, 4.69) is 10.5 Å². The van der Waals surface area contributed by atoms with Crippen LogP contribution in [0.5, 0.6) is 17.2 Å². The molecule has 0 radical (unpaired) electrons. The van der Waals surface area contributed by atoms with Crippen molar-refractivity contribution in [2.75, 3.05) is 25.7 Å². The Morgan fingerprint density at radius 1 is 1.03 bits per heavy atom. The highest BCUT2D eigenvalue weighted by Gasteiger charge is 2.35. The van der Waals surface area contributed by atoms with Crippen molar-refractivity contribution in [1.82, 2.24) is 5.43 Å². The van der Waals surface area contributed by atoms with E-state index in [9.17, 15) is 9.59 Å². The van der Waals surface area contributed by atoms with E-state index in [-0.39, 0.29) is 31.4 Å². The molecule has 1 N–H and O–H groups in total. The molecule has 0 saturated carbocycles. The Morgan fingerprint density at radius 2 is 1.81 bits per heavy atom. The molecule has 3 aromatic rings. The summed E-state index contributed by atoms with van der Waals surface area (Å²) in [5.74, 6) is 0.800. The lowest BCUT2D eigenvalue weighted by Gasteiger charge is -2.16. The van der Waals surface area contributed by atoms with Gasteiger partial charge in [-0.3, -0.25) is 9.59 Å². The number of benzene rings is 3. The van der Waals surface area contributed by atoms with Gasteiger partial charge in [-0.25, -0.2) is 5.43 Å². The summed E-state index contributed by atoms with van der Waals surface area (Å²) in [6.07, 6.45) is 1.62. The van der Waals surface area contributed by atoms with Crippen LogP contribution >= 0.6 is 23.2 Å². The fourth-order valence-electron chi connectivity index (χ4n) is 3.83. The van der Waals surface area contributed by atoms with Gasteiger partial charge in [0.1, 0.15) is 12.4 Å².